The number of hydrogen-bond acceptors (Lipinski definition) is 3. The topological polar surface area (TPSA) is 27.7 Å². The van der Waals surface area contributed by atoms with Crippen LogP contribution in [-0.2, 0) is 4.74 Å². The van der Waals surface area contributed by atoms with Crippen LogP contribution in [0, 0.1) is 5.41 Å². The molecular weight excluding hydrogens is 252 g/mol. The first kappa shape index (κ1) is 16.8. The van der Waals surface area contributed by atoms with Gasteiger partial charge in [-0.25, -0.2) is 0 Å². The minimum Gasteiger partial charge on any atom is -0.490 e. The molecule has 0 aromatic heterocycles. The molecule has 0 aliphatic carbocycles. The minimum absolute atomic E-state index is 0.165. The van der Waals surface area contributed by atoms with E-state index in [4.69, 9.17) is 14.2 Å². The third kappa shape index (κ3) is 5.04. The molecule has 0 aliphatic rings. The second kappa shape index (κ2) is 7.53. The van der Waals surface area contributed by atoms with Crippen LogP contribution >= 0.6 is 0 Å². The molecular formula is C17H28O3. The molecule has 0 heterocycles. The van der Waals surface area contributed by atoms with E-state index < -0.39 is 0 Å². The molecule has 0 bridgehead atoms. The Hall–Kier alpha value is -1.22. The van der Waals surface area contributed by atoms with Crippen LogP contribution in [0.4, 0.5) is 0 Å². The Labute approximate surface area is 123 Å². The maximum absolute atomic E-state index is 5.99. The average molecular weight is 280 g/mol. The van der Waals surface area contributed by atoms with E-state index in [1.165, 1.54) is 0 Å². The Balaban J connectivity index is 2.58. The fourth-order valence-corrected chi connectivity index (χ4v) is 1.71. The van der Waals surface area contributed by atoms with E-state index in [1.807, 2.05) is 38.1 Å². The lowest BCUT2D eigenvalue weighted by molar-refractivity contribution is -0.0613. The zero-order valence-corrected chi connectivity index (χ0v) is 13.6. The van der Waals surface area contributed by atoms with Crippen LogP contribution in [0.5, 0.6) is 11.5 Å². The number of benzene rings is 1. The molecule has 3 nitrogen and oxygen atoms in total. The lowest BCUT2D eigenvalue weighted by Gasteiger charge is -2.31. The van der Waals surface area contributed by atoms with Crippen LogP contribution in [0.2, 0.25) is 0 Å². The van der Waals surface area contributed by atoms with Gasteiger partial charge in [0.2, 0.25) is 0 Å². The average Bonchev–Trinajstić information content (AvgIpc) is 2.41. The summed E-state index contributed by atoms with van der Waals surface area (Å²) in [5.41, 5.74) is 0.165. The predicted molar refractivity (Wildman–Crippen MR) is 82.3 cm³/mol. The smallest absolute Gasteiger partial charge is 0.196 e. The van der Waals surface area contributed by atoms with Crippen LogP contribution in [-0.4, -0.2) is 19.0 Å². The Morgan fingerprint density at radius 1 is 0.950 bits per heavy atom. The highest BCUT2D eigenvalue weighted by molar-refractivity contribution is 5.31. The predicted octanol–water partition coefficient (Wildman–Crippen LogP) is 4.65. The lowest BCUT2D eigenvalue weighted by Crippen LogP contribution is -2.31. The monoisotopic (exact) mass is 280 g/mol. The SMILES string of the molecule is CCOC(C)Oc1ccc(OC(C)C(C)(C)CC)cc1. The first-order valence-electron chi connectivity index (χ1n) is 7.44. The van der Waals surface area contributed by atoms with Crippen LogP contribution in [0.15, 0.2) is 24.3 Å². The van der Waals surface area contributed by atoms with Crippen molar-refractivity contribution in [2.24, 2.45) is 5.41 Å². The fourth-order valence-electron chi connectivity index (χ4n) is 1.71. The van der Waals surface area contributed by atoms with Crippen molar-refractivity contribution in [2.75, 3.05) is 6.61 Å². The van der Waals surface area contributed by atoms with Gasteiger partial charge in [0.1, 0.15) is 17.6 Å². The van der Waals surface area contributed by atoms with Crippen molar-refractivity contribution in [3.8, 4) is 11.5 Å². The zero-order valence-electron chi connectivity index (χ0n) is 13.6. The van der Waals surface area contributed by atoms with Crippen molar-refractivity contribution in [3.63, 3.8) is 0 Å². The maximum atomic E-state index is 5.99. The highest BCUT2D eigenvalue weighted by Gasteiger charge is 2.25. The van der Waals surface area contributed by atoms with E-state index in [0.29, 0.717) is 6.61 Å². The standard InChI is InChI=1S/C17H28O3/c1-7-17(5,6)13(3)19-15-9-11-16(12-10-15)20-14(4)18-8-2/h9-14H,7-8H2,1-6H3. The number of hydrogen-bond donors (Lipinski definition) is 0. The van der Waals surface area contributed by atoms with E-state index in [2.05, 4.69) is 27.7 Å². The normalized spacial score (nSPS) is 14.7. The van der Waals surface area contributed by atoms with Gasteiger partial charge >= 0.3 is 0 Å². The highest BCUT2D eigenvalue weighted by atomic mass is 16.7. The second-order valence-electron chi connectivity index (χ2n) is 5.71. The van der Waals surface area contributed by atoms with Crippen molar-refractivity contribution in [1.29, 1.82) is 0 Å². The Kier molecular flexibility index (Phi) is 6.34. The summed E-state index contributed by atoms with van der Waals surface area (Å²) in [6, 6.07) is 7.71. The molecule has 0 spiro atoms. The molecule has 114 valence electrons. The molecule has 0 fully saturated rings. The van der Waals surface area contributed by atoms with E-state index >= 15 is 0 Å². The van der Waals surface area contributed by atoms with Crippen molar-refractivity contribution >= 4 is 0 Å². The summed E-state index contributed by atoms with van der Waals surface area (Å²) in [7, 11) is 0. The van der Waals surface area contributed by atoms with Crippen molar-refractivity contribution in [2.45, 2.75) is 60.4 Å². The minimum atomic E-state index is -0.232. The van der Waals surface area contributed by atoms with Crippen LogP contribution in [0.1, 0.15) is 48.0 Å². The fraction of sp³-hybridized carbons (Fsp3) is 0.647. The molecule has 0 N–H and O–H groups in total. The molecule has 0 saturated heterocycles. The Morgan fingerprint density at radius 2 is 1.45 bits per heavy atom. The van der Waals surface area contributed by atoms with Gasteiger partial charge in [-0.1, -0.05) is 20.8 Å². The van der Waals surface area contributed by atoms with Crippen molar-refractivity contribution in [1.82, 2.24) is 0 Å². The van der Waals surface area contributed by atoms with E-state index in [9.17, 15) is 0 Å². The number of ether oxygens (including phenoxy) is 3. The molecule has 20 heavy (non-hydrogen) atoms. The van der Waals surface area contributed by atoms with Gasteiger partial charge in [0, 0.05) is 12.0 Å². The molecule has 2 unspecified atom stereocenters. The van der Waals surface area contributed by atoms with E-state index in [1.54, 1.807) is 0 Å². The molecule has 0 radical (unpaired) electrons. The van der Waals surface area contributed by atoms with Gasteiger partial charge in [-0.15, -0.1) is 0 Å². The summed E-state index contributed by atoms with van der Waals surface area (Å²) in [6.45, 7) is 13.2. The van der Waals surface area contributed by atoms with Crippen molar-refractivity contribution < 1.29 is 14.2 Å². The first-order valence-corrected chi connectivity index (χ1v) is 7.44. The Morgan fingerprint density at radius 3 is 1.90 bits per heavy atom. The van der Waals surface area contributed by atoms with Gasteiger partial charge < -0.3 is 14.2 Å². The summed E-state index contributed by atoms with van der Waals surface area (Å²) in [5, 5.41) is 0. The molecule has 0 saturated carbocycles. The van der Waals surface area contributed by atoms with Gasteiger partial charge in [-0.05, 0) is 51.5 Å². The molecule has 1 rings (SSSR count). The zero-order chi connectivity index (χ0) is 15.2. The Bertz CT molecular complexity index is 384. The molecule has 0 aliphatic heterocycles. The van der Waals surface area contributed by atoms with Gasteiger partial charge in [0.15, 0.2) is 6.29 Å². The van der Waals surface area contributed by atoms with Crippen molar-refractivity contribution in [3.05, 3.63) is 24.3 Å². The van der Waals surface area contributed by atoms with Gasteiger partial charge in [0.05, 0.1) is 0 Å². The van der Waals surface area contributed by atoms with E-state index in [-0.39, 0.29) is 17.8 Å². The van der Waals surface area contributed by atoms with Gasteiger partial charge in [0.25, 0.3) is 0 Å². The van der Waals surface area contributed by atoms with Gasteiger partial charge in [-0.2, -0.15) is 0 Å². The summed E-state index contributed by atoms with van der Waals surface area (Å²) in [6.07, 6.45) is 1.02. The largest absolute Gasteiger partial charge is 0.490 e. The third-order valence-electron chi connectivity index (χ3n) is 3.85. The molecule has 1 aromatic carbocycles. The second-order valence-corrected chi connectivity index (χ2v) is 5.71. The summed E-state index contributed by atoms with van der Waals surface area (Å²) >= 11 is 0. The van der Waals surface area contributed by atoms with Crippen LogP contribution in [0.25, 0.3) is 0 Å². The summed E-state index contributed by atoms with van der Waals surface area (Å²) in [4.78, 5) is 0. The number of rotatable bonds is 8. The quantitative estimate of drug-likeness (QED) is 0.649. The molecule has 0 amide bonds. The van der Waals surface area contributed by atoms with Crippen LogP contribution < -0.4 is 9.47 Å². The summed E-state index contributed by atoms with van der Waals surface area (Å²) in [5.74, 6) is 1.66. The van der Waals surface area contributed by atoms with Gasteiger partial charge in [-0.3, -0.25) is 0 Å². The highest BCUT2D eigenvalue weighted by Crippen LogP contribution is 2.29. The molecule has 3 heteroatoms. The molecule has 1 aromatic rings. The maximum Gasteiger partial charge on any atom is 0.196 e. The third-order valence-corrected chi connectivity index (χ3v) is 3.85. The van der Waals surface area contributed by atoms with E-state index in [0.717, 1.165) is 17.9 Å². The summed E-state index contributed by atoms with van der Waals surface area (Å²) < 4.78 is 17.0. The molecule has 2 atom stereocenters. The first-order chi connectivity index (χ1) is 9.39. The van der Waals surface area contributed by atoms with Crippen LogP contribution in [0.3, 0.4) is 0 Å². The lowest BCUT2D eigenvalue weighted by atomic mass is 9.85.